The number of rotatable bonds is 5. The van der Waals surface area contributed by atoms with E-state index in [4.69, 9.17) is 0 Å². The highest BCUT2D eigenvalue weighted by Gasteiger charge is 2.37. The maximum Gasteiger partial charge on any atom is 0.307 e. The lowest BCUT2D eigenvalue weighted by Crippen LogP contribution is -2.36. The van der Waals surface area contributed by atoms with E-state index in [2.05, 4.69) is 17.6 Å². The second kappa shape index (κ2) is 7.85. The van der Waals surface area contributed by atoms with Crippen LogP contribution in [0.5, 0.6) is 0 Å². The molecule has 4 rings (SSSR count). The van der Waals surface area contributed by atoms with Gasteiger partial charge in [0.2, 0.25) is 5.91 Å². The average molecular weight is 405 g/mol. The molecule has 0 unspecified atom stereocenters. The second-order valence-electron chi connectivity index (χ2n) is 8.63. The molecular weight excluding hydrogens is 376 g/mol. The van der Waals surface area contributed by atoms with E-state index in [-0.39, 0.29) is 17.9 Å². The summed E-state index contributed by atoms with van der Waals surface area (Å²) in [6, 6.07) is 0.254. The maximum atomic E-state index is 13.0. The molecule has 0 spiro atoms. The van der Waals surface area contributed by atoms with Crippen LogP contribution in [0.3, 0.4) is 0 Å². The van der Waals surface area contributed by atoms with Gasteiger partial charge in [-0.05, 0) is 56.4 Å². The fourth-order valence-corrected chi connectivity index (χ4v) is 5.92. The summed E-state index contributed by atoms with van der Waals surface area (Å²) in [6.45, 7) is 2.21. The minimum Gasteiger partial charge on any atom is -0.481 e. The Hall–Kier alpha value is -1.89. The molecule has 1 aromatic rings. The smallest absolute Gasteiger partial charge is 0.307 e. The predicted molar refractivity (Wildman–Crippen MR) is 108 cm³/mol. The van der Waals surface area contributed by atoms with Crippen molar-refractivity contribution in [1.82, 2.24) is 5.32 Å². The van der Waals surface area contributed by atoms with E-state index in [9.17, 15) is 19.5 Å². The Morgan fingerprint density at radius 3 is 2.43 bits per heavy atom. The molecule has 3 N–H and O–H groups in total. The van der Waals surface area contributed by atoms with Crippen LogP contribution in [0, 0.1) is 17.8 Å². The Balaban J connectivity index is 1.60. The zero-order chi connectivity index (χ0) is 19.8. The molecule has 1 aromatic heterocycles. The first-order valence-electron chi connectivity index (χ1n) is 10.4. The zero-order valence-corrected chi connectivity index (χ0v) is 17.1. The van der Waals surface area contributed by atoms with Crippen molar-refractivity contribution >= 4 is 34.1 Å². The first-order valence-corrected chi connectivity index (χ1v) is 11.2. The lowest BCUT2D eigenvalue weighted by molar-refractivity contribution is -0.147. The van der Waals surface area contributed by atoms with Crippen LogP contribution in [-0.4, -0.2) is 28.9 Å². The van der Waals surface area contributed by atoms with Gasteiger partial charge in [-0.3, -0.25) is 14.4 Å². The third-order valence-corrected chi connectivity index (χ3v) is 7.48. The van der Waals surface area contributed by atoms with Crippen molar-refractivity contribution in [3.63, 3.8) is 0 Å². The van der Waals surface area contributed by atoms with Gasteiger partial charge in [0, 0.05) is 10.9 Å². The lowest BCUT2D eigenvalue weighted by Gasteiger charge is -2.27. The quantitative estimate of drug-likeness (QED) is 0.699. The van der Waals surface area contributed by atoms with Crippen molar-refractivity contribution in [3.8, 4) is 0 Å². The summed E-state index contributed by atoms with van der Waals surface area (Å²) in [4.78, 5) is 38.6. The zero-order valence-electron chi connectivity index (χ0n) is 16.3. The number of hydrogen-bond acceptors (Lipinski definition) is 4. The molecule has 152 valence electrons. The first kappa shape index (κ1) is 19.4. The predicted octanol–water partition coefficient (Wildman–Crippen LogP) is 3.59. The minimum atomic E-state index is -0.897. The third kappa shape index (κ3) is 3.95. The van der Waals surface area contributed by atoms with Crippen LogP contribution in [0.15, 0.2) is 0 Å². The molecule has 0 saturated heterocycles. The molecule has 0 bridgehead atoms. The normalized spacial score (nSPS) is 27.0. The van der Waals surface area contributed by atoms with E-state index in [1.165, 1.54) is 16.2 Å². The Morgan fingerprint density at radius 1 is 1.04 bits per heavy atom. The van der Waals surface area contributed by atoms with Gasteiger partial charge in [0.1, 0.15) is 5.00 Å². The van der Waals surface area contributed by atoms with Crippen LogP contribution in [0.4, 0.5) is 5.00 Å². The van der Waals surface area contributed by atoms with Crippen molar-refractivity contribution in [2.75, 3.05) is 5.32 Å². The van der Waals surface area contributed by atoms with Gasteiger partial charge >= 0.3 is 5.97 Å². The van der Waals surface area contributed by atoms with Crippen molar-refractivity contribution in [3.05, 3.63) is 16.0 Å². The fourth-order valence-electron chi connectivity index (χ4n) is 4.51. The van der Waals surface area contributed by atoms with Crippen LogP contribution >= 0.6 is 11.3 Å². The Morgan fingerprint density at radius 2 is 1.75 bits per heavy atom. The van der Waals surface area contributed by atoms with Gasteiger partial charge < -0.3 is 15.7 Å². The molecule has 3 aliphatic rings. The topological polar surface area (TPSA) is 95.5 Å². The fraction of sp³-hybridized carbons (Fsp3) is 0.667. The minimum absolute atomic E-state index is 0.0942. The van der Waals surface area contributed by atoms with Gasteiger partial charge in [-0.2, -0.15) is 0 Å². The number of carbonyl (C=O) groups is 3. The van der Waals surface area contributed by atoms with Crippen molar-refractivity contribution in [2.45, 2.75) is 70.8 Å². The van der Waals surface area contributed by atoms with E-state index < -0.39 is 17.8 Å². The van der Waals surface area contributed by atoms with Crippen LogP contribution < -0.4 is 10.6 Å². The molecule has 2 saturated carbocycles. The summed E-state index contributed by atoms with van der Waals surface area (Å²) in [6.07, 6.45) is 7.72. The molecule has 7 heteroatoms. The van der Waals surface area contributed by atoms with Gasteiger partial charge in [-0.1, -0.05) is 19.8 Å². The maximum absolute atomic E-state index is 13.0. The molecule has 3 atom stereocenters. The number of carboxylic acids is 1. The summed E-state index contributed by atoms with van der Waals surface area (Å²) >= 11 is 1.50. The van der Waals surface area contributed by atoms with Crippen molar-refractivity contribution < 1.29 is 19.5 Å². The number of thiophene rings is 1. The van der Waals surface area contributed by atoms with Gasteiger partial charge in [0.15, 0.2) is 0 Å². The molecule has 28 heavy (non-hydrogen) atoms. The lowest BCUT2D eigenvalue weighted by atomic mass is 9.78. The van der Waals surface area contributed by atoms with Crippen LogP contribution in [0.25, 0.3) is 0 Å². The Kier molecular flexibility index (Phi) is 5.45. The number of carboxylic acid groups (broad SMARTS) is 1. The highest BCUT2D eigenvalue weighted by Crippen LogP contribution is 2.41. The second-order valence-corrected chi connectivity index (χ2v) is 9.73. The average Bonchev–Trinajstić information content (AvgIpc) is 3.40. The number of aliphatic carboxylic acids is 1. The van der Waals surface area contributed by atoms with Crippen molar-refractivity contribution in [2.24, 2.45) is 17.8 Å². The van der Waals surface area contributed by atoms with E-state index in [1.54, 1.807) is 0 Å². The van der Waals surface area contributed by atoms with Gasteiger partial charge in [0.25, 0.3) is 5.91 Å². The van der Waals surface area contributed by atoms with E-state index in [0.717, 1.165) is 50.5 Å². The summed E-state index contributed by atoms with van der Waals surface area (Å²) in [5, 5.41) is 16.1. The number of anilines is 1. The van der Waals surface area contributed by atoms with Gasteiger partial charge in [-0.25, -0.2) is 0 Å². The molecule has 0 aromatic carbocycles. The summed E-state index contributed by atoms with van der Waals surface area (Å²) < 4.78 is 0. The highest BCUT2D eigenvalue weighted by atomic mass is 32.1. The molecule has 0 radical (unpaired) electrons. The third-order valence-electron chi connectivity index (χ3n) is 6.31. The standard InChI is InChI=1S/C21H28N2O4S/c1-11-6-9-15-16(10-11)28-20(17(15)19(25)22-12-7-8-12)23-18(24)13-4-2-3-5-14(13)21(26)27/h11-14H,2-10H2,1H3,(H,22,25)(H,23,24)(H,26,27)/t11-,13+,14-/m1/s1. The number of carbonyl (C=O) groups excluding carboxylic acids is 2. The van der Waals surface area contributed by atoms with Gasteiger partial charge in [0.05, 0.1) is 17.4 Å². The van der Waals surface area contributed by atoms with Crippen LogP contribution in [0.2, 0.25) is 0 Å². The molecule has 2 amide bonds. The molecule has 2 fully saturated rings. The monoisotopic (exact) mass is 404 g/mol. The van der Waals surface area contributed by atoms with Gasteiger partial charge in [-0.15, -0.1) is 11.3 Å². The number of amides is 2. The largest absolute Gasteiger partial charge is 0.481 e. The molecule has 3 aliphatic carbocycles. The molecule has 0 aliphatic heterocycles. The Bertz CT molecular complexity index is 799. The highest BCUT2D eigenvalue weighted by molar-refractivity contribution is 7.17. The summed E-state index contributed by atoms with van der Waals surface area (Å²) in [7, 11) is 0. The van der Waals surface area contributed by atoms with E-state index in [1.807, 2.05) is 0 Å². The van der Waals surface area contributed by atoms with E-state index >= 15 is 0 Å². The number of nitrogens with one attached hydrogen (secondary N) is 2. The molecular formula is C21H28N2O4S. The van der Waals surface area contributed by atoms with Crippen molar-refractivity contribution in [1.29, 1.82) is 0 Å². The molecule has 6 nitrogen and oxygen atoms in total. The van der Waals surface area contributed by atoms with Crippen LogP contribution in [0.1, 0.15) is 72.7 Å². The van der Waals surface area contributed by atoms with Crippen LogP contribution in [-0.2, 0) is 22.4 Å². The molecule has 1 heterocycles. The first-order chi connectivity index (χ1) is 13.4. The summed E-state index contributed by atoms with van der Waals surface area (Å²) in [5.41, 5.74) is 1.70. The van der Waals surface area contributed by atoms with E-state index in [0.29, 0.717) is 29.3 Å². The summed E-state index contributed by atoms with van der Waals surface area (Å²) in [5.74, 6) is -1.83. The Labute approximate surface area is 169 Å². The number of hydrogen-bond donors (Lipinski definition) is 3. The SMILES string of the molecule is C[C@@H]1CCc2c(sc(NC(=O)[C@H]3CCCC[C@H]3C(=O)O)c2C(=O)NC2CC2)C1. The number of fused-ring (bicyclic) bond motifs is 1.